The first-order valence-corrected chi connectivity index (χ1v) is 7.77. The first kappa shape index (κ1) is 16.4. The van der Waals surface area contributed by atoms with Crippen LogP contribution in [0.3, 0.4) is 0 Å². The molecule has 1 aliphatic rings. The van der Waals surface area contributed by atoms with Gasteiger partial charge in [-0.15, -0.1) is 0 Å². The predicted octanol–water partition coefficient (Wildman–Crippen LogP) is 4.20. The molecule has 0 saturated heterocycles. The quantitative estimate of drug-likeness (QED) is 0.912. The van der Waals surface area contributed by atoms with Crippen molar-refractivity contribution in [2.24, 2.45) is 5.73 Å². The highest BCUT2D eigenvalue weighted by atomic mass is 16.5. The van der Waals surface area contributed by atoms with Crippen molar-refractivity contribution in [3.63, 3.8) is 0 Å². The second-order valence-corrected chi connectivity index (χ2v) is 5.59. The van der Waals surface area contributed by atoms with Gasteiger partial charge in [0.05, 0.1) is 13.0 Å². The summed E-state index contributed by atoms with van der Waals surface area (Å²) in [4.78, 5) is 0. The molecule has 25 heavy (non-hydrogen) atoms. The van der Waals surface area contributed by atoms with E-state index >= 15 is 0 Å². The summed E-state index contributed by atoms with van der Waals surface area (Å²) < 4.78 is 10.9. The molecule has 3 rings (SSSR count). The number of allylic oxidation sites excluding steroid dienone is 1. The van der Waals surface area contributed by atoms with Gasteiger partial charge >= 0.3 is 0 Å². The Morgan fingerprint density at radius 3 is 2.44 bits per heavy atom. The normalized spacial score (nSPS) is 15.6. The number of methoxy groups -OCH3 is 1. The summed E-state index contributed by atoms with van der Waals surface area (Å²) in [6, 6.07) is 13.5. The molecular formula is C21H18N2O2. The Morgan fingerprint density at radius 2 is 1.88 bits per heavy atom. The van der Waals surface area contributed by atoms with Crippen LogP contribution in [0.5, 0.6) is 11.5 Å². The molecule has 1 unspecified atom stereocenters. The maximum atomic E-state index is 9.67. The molecule has 0 radical (unpaired) electrons. The van der Waals surface area contributed by atoms with Gasteiger partial charge in [0.25, 0.3) is 0 Å². The van der Waals surface area contributed by atoms with Gasteiger partial charge < -0.3 is 15.2 Å². The van der Waals surface area contributed by atoms with Crippen molar-refractivity contribution in [3.05, 3.63) is 83.3 Å². The van der Waals surface area contributed by atoms with Gasteiger partial charge in [0.1, 0.15) is 23.1 Å². The summed E-state index contributed by atoms with van der Waals surface area (Å²) in [5.74, 6) is 1.15. The smallest absolute Gasteiger partial charge is 0.205 e. The SMILES string of the molecule is C=Cc1ccc2c(c1C=C)C(c1ccc(OC)cc1)C(C#N)=C(N)O2. The number of hydrogen-bond acceptors (Lipinski definition) is 4. The van der Waals surface area contributed by atoms with Crippen LogP contribution in [-0.2, 0) is 0 Å². The van der Waals surface area contributed by atoms with Crippen LogP contribution in [0, 0.1) is 11.3 Å². The summed E-state index contributed by atoms with van der Waals surface area (Å²) in [7, 11) is 1.61. The van der Waals surface area contributed by atoms with Gasteiger partial charge in [-0.25, -0.2) is 0 Å². The fraction of sp³-hybridized carbons (Fsp3) is 0.0952. The van der Waals surface area contributed by atoms with Gasteiger partial charge in [0.2, 0.25) is 5.88 Å². The van der Waals surface area contributed by atoms with E-state index in [1.165, 1.54) is 0 Å². The molecule has 1 atom stereocenters. The molecule has 1 heterocycles. The van der Waals surface area contributed by atoms with E-state index in [-0.39, 0.29) is 11.8 Å². The van der Waals surface area contributed by atoms with E-state index in [0.717, 1.165) is 28.0 Å². The minimum Gasteiger partial charge on any atom is -0.497 e. The minimum absolute atomic E-state index is 0.122. The molecule has 2 aromatic rings. The lowest BCUT2D eigenvalue weighted by atomic mass is 9.80. The number of rotatable bonds is 4. The Kier molecular flexibility index (Phi) is 4.32. The van der Waals surface area contributed by atoms with Gasteiger partial charge in [-0.1, -0.05) is 43.5 Å². The lowest BCUT2D eigenvalue weighted by Gasteiger charge is -2.29. The number of nitrogens with two attached hydrogens (primary N) is 1. The van der Waals surface area contributed by atoms with E-state index in [1.54, 1.807) is 19.3 Å². The van der Waals surface area contributed by atoms with Gasteiger partial charge in [0, 0.05) is 5.56 Å². The third-order valence-corrected chi connectivity index (χ3v) is 4.34. The first-order valence-electron chi connectivity index (χ1n) is 7.77. The van der Waals surface area contributed by atoms with Crippen molar-refractivity contribution < 1.29 is 9.47 Å². The maximum absolute atomic E-state index is 9.67. The molecule has 2 aromatic carbocycles. The Bertz CT molecular complexity index is 918. The summed E-state index contributed by atoms with van der Waals surface area (Å²) in [5, 5.41) is 9.67. The Labute approximate surface area is 147 Å². The molecule has 0 aromatic heterocycles. The van der Waals surface area contributed by atoms with Crippen molar-refractivity contribution in [2.45, 2.75) is 5.92 Å². The highest BCUT2D eigenvalue weighted by molar-refractivity contribution is 5.73. The van der Waals surface area contributed by atoms with Crippen LogP contribution in [0.25, 0.3) is 12.2 Å². The van der Waals surface area contributed by atoms with E-state index < -0.39 is 0 Å². The van der Waals surface area contributed by atoms with E-state index in [1.807, 2.05) is 36.4 Å². The number of benzene rings is 2. The summed E-state index contributed by atoms with van der Waals surface area (Å²) >= 11 is 0. The summed E-state index contributed by atoms with van der Waals surface area (Å²) in [6.45, 7) is 7.78. The minimum atomic E-state index is -0.340. The lowest BCUT2D eigenvalue weighted by molar-refractivity contribution is 0.393. The number of hydrogen-bond donors (Lipinski definition) is 1. The second kappa shape index (κ2) is 6.58. The second-order valence-electron chi connectivity index (χ2n) is 5.59. The van der Waals surface area contributed by atoms with Gasteiger partial charge in [-0.3, -0.25) is 0 Å². The van der Waals surface area contributed by atoms with Crippen LogP contribution in [0.15, 0.2) is 61.0 Å². The molecule has 0 amide bonds. The van der Waals surface area contributed by atoms with Crippen molar-refractivity contribution in [1.29, 1.82) is 5.26 Å². The topological polar surface area (TPSA) is 68.3 Å². The first-order chi connectivity index (χ1) is 12.1. The van der Waals surface area contributed by atoms with E-state index in [4.69, 9.17) is 15.2 Å². The Balaban J connectivity index is 2.30. The average Bonchev–Trinajstić information content (AvgIpc) is 2.66. The van der Waals surface area contributed by atoms with Crippen LogP contribution in [0.4, 0.5) is 0 Å². The molecule has 0 saturated carbocycles. The molecule has 124 valence electrons. The number of nitrogens with zero attached hydrogens (tertiary/aromatic N) is 1. The molecule has 1 aliphatic heterocycles. The Hall–Kier alpha value is -3.45. The number of ether oxygens (including phenoxy) is 2. The number of nitriles is 1. The molecule has 4 heteroatoms. The van der Waals surface area contributed by atoms with Gasteiger partial charge in [-0.2, -0.15) is 5.26 Å². The molecule has 4 nitrogen and oxygen atoms in total. The summed E-state index contributed by atoms with van der Waals surface area (Å²) in [5.41, 5.74) is 9.99. The highest BCUT2D eigenvalue weighted by Crippen LogP contribution is 2.45. The fourth-order valence-electron chi connectivity index (χ4n) is 3.14. The van der Waals surface area contributed by atoms with Crippen molar-refractivity contribution in [1.82, 2.24) is 0 Å². The zero-order valence-electron chi connectivity index (χ0n) is 14.0. The average molecular weight is 330 g/mol. The third kappa shape index (κ3) is 2.66. The monoisotopic (exact) mass is 330 g/mol. The Morgan fingerprint density at radius 1 is 1.16 bits per heavy atom. The number of fused-ring (bicyclic) bond motifs is 1. The van der Waals surface area contributed by atoms with Crippen LogP contribution in [-0.4, -0.2) is 7.11 Å². The summed E-state index contributed by atoms with van der Waals surface area (Å²) in [6.07, 6.45) is 3.52. The van der Waals surface area contributed by atoms with Gasteiger partial charge in [-0.05, 0) is 34.9 Å². The zero-order chi connectivity index (χ0) is 18.0. The zero-order valence-corrected chi connectivity index (χ0v) is 14.0. The van der Waals surface area contributed by atoms with Crippen LogP contribution in [0.1, 0.15) is 28.2 Å². The van der Waals surface area contributed by atoms with E-state index in [0.29, 0.717) is 11.3 Å². The molecule has 0 spiro atoms. The van der Waals surface area contributed by atoms with E-state index in [2.05, 4.69) is 19.2 Å². The fourth-order valence-corrected chi connectivity index (χ4v) is 3.14. The van der Waals surface area contributed by atoms with Crippen LogP contribution >= 0.6 is 0 Å². The molecule has 0 fully saturated rings. The lowest BCUT2D eigenvalue weighted by Crippen LogP contribution is -2.22. The van der Waals surface area contributed by atoms with Crippen molar-refractivity contribution >= 4 is 12.2 Å². The van der Waals surface area contributed by atoms with E-state index in [9.17, 15) is 5.26 Å². The molecule has 0 aliphatic carbocycles. The molecular weight excluding hydrogens is 312 g/mol. The predicted molar refractivity (Wildman–Crippen MR) is 98.9 cm³/mol. The highest BCUT2D eigenvalue weighted by Gasteiger charge is 2.32. The van der Waals surface area contributed by atoms with Gasteiger partial charge in [0.15, 0.2) is 0 Å². The van der Waals surface area contributed by atoms with Crippen molar-refractivity contribution in [3.8, 4) is 17.6 Å². The molecule has 2 N–H and O–H groups in total. The standard InChI is InChI=1S/C21H18N2O2/c1-4-13-8-11-18-20(16(13)5-2)19(17(12-22)21(23)25-18)14-6-9-15(24-3)10-7-14/h4-11,19H,1-2,23H2,3H3. The van der Waals surface area contributed by atoms with Crippen molar-refractivity contribution in [2.75, 3.05) is 7.11 Å². The van der Waals surface area contributed by atoms with Crippen LogP contribution < -0.4 is 15.2 Å². The molecule has 0 bridgehead atoms. The largest absolute Gasteiger partial charge is 0.497 e. The third-order valence-electron chi connectivity index (χ3n) is 4.34. The van der Waals surface area contributed by atoms with Crippen LogP contribution in [0.2, 0.25) is 0 Å². The maximum Gasteiger partial charge on any atom is 0.205 e.